The Labute approximate surface area is 136 Å². The Balaban J connectivity index is 1.50. The van der Waals surface area contributed by atoms with Crippen LogP contribution in [0.15, 0.2) is 24.3 Å². The first-order chi connectivity index (χ1) is 11.2. The summed E-state index contributed by atoms with van der Waals surface area (Å²) in [5.41, 5.74) is 2.57. The van der Waals surface area contributed by atoms with E-state index < -0.39 is 0 Å². The number of nitrogens with zero attached hydrogens (tertiary/aromatic N) is 2. The lowest BCUT2D eigenvalue weighted by molar-refractivity contribution is 0.109. The predicted octanol–water partition coefficient (Wildman–Crippen LogP) is 1.99. The molecule has 0 atom stereocenters. The van der Waals surface area contributed by atoms with Gasteiger partial charge in [-0.25, -0.2) is 9.59 Å². The third kappa shape index (κ3) is 3.57. The number of fused-ring (bicyclic) bond motifs is 1. The lowest BCUT2D eigenvalue weighted by Crippen LogP contribution is -2.51. The lowest BCUT2D eigenvalue weighted by atomic mass is 10.00. The number of methoxy groups -OCH3 is 1. The molecule has 23 heavy (non-hydrogen) atoms. The van der Waals surface area contributed by atoms with Gasteiger partial charge >= 0.3 is 12.1 Å². The van der Waals surface area contributed by atoms with Crippen LogP contribution in [0.3, 0.4) is 0 Å². The van der Waals surface area contributed by atoms with Crippen molar-refractivity contribution in [3.63, 3.8) is 0 Å². The van der Waals surface area contributed by atoms with Gasteiger partial charge in [-0.3, -0.25) is 0 Å². The van der Waals surface area contributed by atoms with E-state index in [1.807, 2.05) is 17.0 Å². The highest BCUT2D eigenvalue weighted by atomic mass is 16.5. The SMILES string of the molecule is COC(=O)N1CCC(NC(=O)N2CCc3ccccc3C2)CC1. The Kier molecular flexibility index (Phi) is 4.69. The van der Waals surface area contributed by atoms with Crippen molar-refractivity contribution < 1.29 is 14.3 Å². The Bertz CT molecular complexity index is 582. The number of amides is 3. The number of hydrogen-bond acceptors (Lipinski definition) is 3. The second kappa shape index (κ2) is 6.89. The van der Waals surface area contributed by atoms with Gasteiger partial charge in [0.15, 0.2) is 0 Å². The zero-order valence-electron chi connectivity index (χ0n) is 13.5. The molecule has 1 aromatic carbocycles. The molecule has 3 rings (SSSR count). The van der Waals surface area contributed by atoms with Gasteiger partial charge in [0, 0.05) is 32.2 Å². The molecule has 2 aliphatic heterocycles. The monoisotopic (exact) mass is 317 g/mol. The summed E-state index contributed by atoms with van der Waals surface area (Å²) in [5, 5.41) is 3.11. The van der Waals surface area contributed by atoms with Gasteiger partial charge in [-0.2, -0.15) is 0 Å². The van der Waals surface area contributed by atoms with Gasteiger partial charge in [-0.05, 0) is 30.4 Å². The van der Waals surface area contributed by atoms with Crippen molar-refractivity contribution in [3.8, 4) is 0 Å². The number of hydrogen-bond donors (Lipinski definition) is 1. The van der Waals surface area contributed by atoms with Crippen LogP contribution in [0.25, 0.3) is 0 Å². The second-order valence-electron chi connectivity index (χ2n) is 6.12. The van der Waals surface area contributed by atoms with Crippen molar-refractivity contribution in [2.75, 3.05) is 26.7 Å². The number of carbonyl (C=O) groups excluding carboxylic acids is 2. The van der Waals surface area contributed by atoms with Crippen molar-refractivity contribution in [3.05, 3.63) is 35.4 Å². The van der Waals surface area contributed by atoms with E-state index in [1.165, 1.54) is 18.2 Å². The van der Waals surface area contributed by atoms with E-state index in [0.29, 0.717) is 19.6 Å². The van der Waals surface area contributed by atoms with Crippen molar-refractivity contribution in [1.29, 1.82) is 0 Å². The Morgan fingerprint density at radius 1 is 1.09 bits per heavy atom. The second-order valence-corrected chi connectivity index (χ2v) is 6.12. The van der Waals surface area contributed by atoms with Gasteiger partial charge in [0.2, 0.25) is 0 Å². The molecule has 0 aliphatic carbocycles. The smallest absolute Gasteiger partial charge is 0.409 e. The number of benzene rings is 1. The van der Waals surface area contributed by atoms with Gasteiger partial charge in [0.1, 0.15) is 0 Å². The van der Waals surface area contributed by atoms with Crippen LogP contribution >= 0.6 is 0 Å². The first kappa shape index (κ1) is 15.6. The number of piperidine rings is 1. The standard InChI is InChI=1S/C17H23N3O3/c1-23-17(22)19-10-7-15(8-11-19)18-16(21)20-9-6-13-4-2-3-5-14(13)12-20/h2-5,15H,6-12H2,1H3,(H,18,21). The lowest BCUT2D eigenvalue weighted by Gasteiger charge is -2.34. The van der Waals surface area contributed by atoms with Crippen LogP contribution in [0.2, 0.25) is 0 Å². The maximum atomic E-state index is 12.5. The first-order valence-electron chi connectivity index (χ1n) is 8.12. The number of carbonyl (C=O) groups is 2. The first-order valence-corrected chi connectivity index (χ1v) is 8.12. The molecule has 0 bridgehead atoms. The average molecular weight is 317 g/mol. The van der Waals surface area contributed by atoms with Crippen molar-refractivity contribution >= 4 is 12.1 Å². The van der Waals surface area contributed by atoms with Gasteiger partial charge in [0.05, 0.1) is 7.11 Å². The zero-order chi connectivity index (χ0) is 16.2. The van der Waals surface area contributed by atoms with Crippen LogP contribution in [0.4, 0.5) is 9.59 Å². The molecule has 0 spiro atoms. The molecule has 0 radical (unpaired) electrons. The highest BCUT2D eigenvalue weighted by Crippen LogP contribution is 2.19. The number of likely N-dealkylation sites (tertiary alicyclic amines) is 1. The number of rotatable bonds is 1. The summed E-state index contributed by atoms with van der Waals surface area (Å²) >= 11 is 0. The maximum Gasteiger partial charge on any atom is 0.409 e. The molecule has 2 aliphatic rings. The van der Waals surface area contributed by atoms with E-state index in [1.54, 1.807) is 4.90 Å². The molecule has 1 saturated heterocycles. The van der Waals surface area contributed by atoms with Crippen LogP contribution < -0.4 is 5.32 Å². The molecule has 124 valence electrons. The summed E-state index contributed by atoms with van der Waals surface area (Å²) in [4.78, 5) is 27.5. The van der Waals surface area contributed by atoms with E-state index in [-0.39, 0.29) is 18.2 Å². The number of ether oxygens (including phenoxy) is 1. The van der Waals surface area contributed by atoms with E-state index in [2.05, 4.69) is 17.4 Å². The molecule has 1 N–H and O–H groups in total. The number of urea groups is 1. The van der Waals surface area contributed by atoms with Crippen LogP contribution in [-0.4, -0.2) is 54.7 Å². The zero-order valence-corrected chi connectivity index (χ0v) is 13.5. The Morgan fingerprint density at radius 2 is 1.78 bits per heavy atom. The fourth-order valence-corrected chi connectivity index (χ4v) is 3.27. The highest BCUT2D eigenvalue weighted by Gasteiger charge is 2.26. The molecular formula is C17H23N3O3. The van der Waals surface area contributed by atoms with Gasteiger partial charge in [-0.15, -0.1) is 0 Å². The average Bonchev–Trinajstić information content (AvgIpc) is 2.61. The number of nitrogens with one attached hydrogen (secondary N) is 1. The molecule has 0 saturated carbocycles. The maximum absolute atomic E-state index is 12.5. The van der Waals surface area contributed by atoms with Crippen LogP contribution in [0, 0.1) is 0 Å². The summed E-state index contributed by atoms with van der Waals surface area (Å²) in [5.74, 6) is 0. The molecule has 0 aromatic heterocycles. The molecule has 6 heteroatoms. The minimum atomic E-state index is -0.289. The molecular weight excluding hydrogens is 294 g/mol. The summed E-state index contributed by atoms with van der Waals surface area (Å²) in [6.07, 6.45) is 2.16. The van der Waals surface area contributed by atoms with Crippen molar-refractivity contribution in [2.45, 2.75) is 31.8 Å². The van der Waals surface area contributed by atoms with Gasteiger partial charge in [-0.1, -0.05) is 24.3 Å². The van der Waals surface area contributed by atoms with Crippen LogP contribution in [-0.2, 0) is 17.7 Å². The van der Waals surface area contributed by atoms with Gasteiger partial charge < -0.3 is 19.9 Å². The van der Waals surface area contributed by atoms with Gasteiger partial charge in [0.25, 0.3) is 0 Å². The fraction of sp³-hybridized carbons (Fsp3) is 0.529. The highest BCUT2D eigenvalue weighted by molar-refractivity contribution is 5.75. The van der Waals surface area contributed by atoms with Crippen molar-refractivity contribution in [2.24, 2.45) is 0 Å². The minimum Gasteiger partial charge on any atom is -0.453 e. The summed E-state index contributed by atoms with van der Waals surface area (Å²) in [6.45, 7) is 2.67. The molecule has 0 unspecified atom stereocenters. The van der Waals surface area contributed by atoms with Crippen molar-refractivity contribution in [1.82, 2.24) is 15.1 Å². The summed E-state index contributed by atoms with van der Waals surface area (Å²) in [7, 11) is 1.39. The van der Waals surface area contributed by atoms with E-state index in [4.69, 9.17) is 4.74 Å². The molecule has 1 fully saturated rings. The summed E-state index contributed by atoms with van der Waals surface area (Å²) in [6, 6.07) is 8.40. The molecule has 2 heterocycles. The van der Waals surface area contributed by atoms with E-state index in [0.717, 1.165) is 25.8 Å². The summed E-state index contributed by atoms with van der Waals surface area (Å²) < 4.78 is 4.73. The topological polar surface area (TPSA) is 61.9 Å². The van der Waals surface area contributed by atoms with E-state index >= 15 is 0 Å². The fourth-order valence-electron chi connectivity index (χ4n) is 3.27. The largest absolute Gasteiger partial charge is 0.453 e. The molecule has 3 amide bonds. The van der Waals surface area contributed by atoms with E-state index in [9.17, 15) is 9.59 Å². The normalized spacial score (nSPS) is 18.3. The molecule has 6 nitrogen and oxygen atoms in total. The third-order valence-electron chi connectivity index (χ3n) is 4.67. The Morgan fingerprint density at radius 3 is 2.48 bits per heavy atom. The minimum absolute atomic E-state index is 0.00368. The third-order valence-corrected chi connectivity index (χ3v) is 4.67. The quantitative estimate of drug-likeness (QED) is 0.861. The Hall–Kier alpha value is -2.24. The molecule has 1 aromatic rings. The van der Waals surface area contributed by atoms with Crippen LogP contribution in [0.5, 0.6) is 0 Å². The predicted molar refractivity (Wildman–Crippen MR) is 86.1 cm³/mol. The van der Waals surface area contributed by atoms with Crippen LogP contribution in [0.1, 0.15) is 24.0 Å².